The van der Waals surface area contributed by atoms with Crippen LogP contribution in [0.4, 0.5) is 4.39 Å². The summed E-state index contributed by atoms with van der Waals surface area (Å²) in [5, 5.41) is 0. The molecule has 0 aromatic rings. The van der Waals surface area contributed by atoms with Gasteiger partial charge in [-0.15, -0.1) is 0 Å². The van der Waals surface area contributed by atoms with Crippen LogP contribution in [0.15, 0.2) is 127 Å². The monoisotopic (exact) mass is 476 g/mol. The van der Waals surface area contributed by atoms with Crippen molar-refractivity contribution in [1.82, 2.24) is 0 Å². The molecule has 2 nitrogen and oxygen atoms in total. The lowest BCUT2D eigenvalue weighted by Crippen LogP contribution is -2.44. The fraction of sp³-hybridized carbons (Fsp3) is 0.333. The molecule has 0 aromatic heterocycles. The first-order valence-corrected chi connectivity index (χ1v) is 13.2. The summed E-state index contributed by atoms with van der Waals surface area (Å²) in [6.07, 6.45) is 10.5. The Morgan fingerprint density at radius 2 is 1.78 bits per heavy atom. The number of rotatable bonds is 1. The van der Waals surface area contributed by atoms with Gasteiger partial charge in [0, 0.05) is 40.8 Å². The van der Waals surface area contributed by atoms with Crippen molar-refractivity contribution in [2.24, 2.45) is 29.2 Å². The van der Waals surface area contributed by atoms with E-state index in [-0.39, 0.29) is 17.8 Å². The molecule has 36 heavy (non-hydrogen) atoms. The minimum atomic E-state index is -1.48. The normalized spacial score (nSPS) is 36.4. The molecule has 3 heteroatoms. The van der Waals surface area contributed by atoms with Crippen LogP contribution in [0.3, 0.4) is 0 Å². The molecular formula is C33H33FN2. The Hall–Kier alpha value is -3.33. The van der Waals surface area contributed by atoms with Crippen LogP contribution in [-0.4, -0.2) is 5.67 Å². The van der Waals surface area contributed by atoms with Crippen molar-refractivity contribution in [1.29, 1.82) is 0 Å². The highest BCUT2D eigenvalue weighted by atomic mass is 19.1. The first-order chi connectivity index (χ1) is 17.1. The predicted octanol–water partition coefficient (Wildman–Crippen LogP) is 7.02. The fourth-order valence-electron chi connectivity index (χ4n) is 8.17. The molecule has 0 amide bonds. The van der Waals surface area contributed by atoms with Crippen LogP contribution in [0.1, 0.15) is 47.0 Å². The Morgan fingerprint density at radius 1 is 1.03 bits per heavy atom. The third-order valence-corrected chi connectivity index (χ3v) is 9.56. The van der Waals surface area contributed by atoms with Crippen molar-refractivity contribution < 1.29 is 4.39 Å². The summed E-state index contributed by atoms with van der Waals surface area (Å²) in [5.74, 6) is 0.0748. The maximum absolute atomic E-state index is 16.7. The molecule has 8 rings (SSSR count). The number of halogens is 1. The van der Waals surface area contributed by atoms with E-state index in [9.17, 15) is 0 Å². The molecule has 4 atom stereocenters. The zero-order chi connectivity index (χ0) is 25.4. The van der Waals surface area contributed by atoms with Crippen LogP contribution in [0.2, 0.25) is 0 Å². The molecule has 4 unspecified atom stereocenters. The number of nitrogens with two attached hydrogens (primary N) is 2. The lowest BCUT2D eigenvalue weighted by Gasteiger charge is -2.53. The first-order valence-electron chi connectivity index (χ1n) is 13.2. The van der Waals surface area contributed by atoms with Gasteiger partial charge in [-0.2, -0.15) is 0 Å². The number of hydrogen-bond acceptors (Lipinski definition) is 2. The molecule has 4 N–H and O–H groups in total. The Morgan fingerprint density at radius 3 is 2.50 bits per heavy atom. The lowest BCUT2D eigenvalue weighted by molar-refractivity contribution is 0.236. The van der Waals surface area contributed by atoms with Crippen LogP contribution in [0.25, 0.3) is 0 Å². The minimum absolute atomic E-state index is 0.0526. The smallest absolute Gasteiger partial charge is 0.137 e. The average Bonchev–Trinajstić information content (AvgIpc) is 2.80. The predicted molar refractivity (Wildman–Crippen MR) is 145 cm³/mol. The maximum atomic E-state index is 16.7. The highest BCUT2D eigenvalue weighted by Crippen LogP contribution is 2.66. The Bertz CT molecular complexity index is 1550. The zero-order valence-electron chi connectivity index (χ0n) is 21.6. The summed E-state index contributed by atoms with van der Waals surface area (Å²) in [7, 11) is 0. The van der Waals surface area contributed by atoms with E-state index < -0.39 is 5.67 Å². The van der Waals surface area contributed by atoms with Gasteiger partial charge in [-0.3, -0.25) is 0 Å². The molecule has 4 bridgehead atoms. The second-order valence-electron chi connectivity index (χ2n) is 11.7. The van der Waals surface area contributed by atoms with Crippen LogP contribution in [0, 0.1) is 17.8 Å². The second kappa shape index (κ2) is 6.70. The highest BCUT2D eigenvalue weighted by Gasteiger charge is 2.55. The fourth-order valence-corrected chi connectivity index (χ4v) is 8.17. The van der Waals surface area contributed by atoms with Gasteiger partial charge in [0.15, 0.2) is 0 Å². The summed E-state index contributed by atoms with van der Waals surface area (Å²) < 4.78 is 16.7. The van der Waals surface area contributed by atoms with Crippen LogP contribution in [-0.2, 0) is 0 Å². The molecule has 182 valence electrons. The van der Waals surface area contributed by atoms with Gasteiger partial charge in [0.2, 0.25) is 0 Å². The highest BCUT2D eigenvalue weighted by molar-refractivity contribution is 5.87. The van der Waals surface area contributed by atoms with E-state index in [0.717, 1.165) is 74.4 Å². The number of allylic oxidation sites excluding steroid dienone is 19. The topological polar surface area (TPSA) is 52.0 Å². The van der Waals surface area contributed by atoms with E-state index in [1.807, 2.05) is 0 Å². The molecule has 0 saturated heterocycles. The van der Waals surface area contributed by atoms with E-state index in [4.69, 9.17) is 11.5 Å². The van der Waals surface area contributed by atoms with Crippen LogP contribution in [0.5, 0.6) is 0 Å². The van der Waals surface area contributed by atoms with Crippen molar-refractivity contribution in [2.75, 3.05) is 0 Å². The largest absolute Gasteiger partial charge is 0.402 e. The van der Waals surface area contributed by atoms with E-state index in [2.05, 4.69) is 58.2 Å². The Balaban J connectivity index is 1.77. The van der Waals surface area contributed by atoms with E-state index >= 15 is 4.39 Å². The number of fused-ring (bicyclic) bond motifs is 2. The standard InChI is InChI=1S/C33H33FN2/c1-7-18-13-22(36)26-17(5)25-21(35)12-15(3)24-23-14(2)8-9-20-28-19(16(23)4)10-11-33(6,34)32(28)27(18)31(26)29(20)30(24)25/h8-10,13,15,26,31H,4-5,7,11-12,35-36H2,1-3,6H3/b9-8?,14-8?,20-9?,23-14+,24-23?. The van der Waals surface area contributed by atoms with Crippen molar-refractivity contribution in [3.8, 4) is 0 Å². The van der Waals surface area contributed by atoms with Crippen molar-refractivity contribution in [3.05, 3.63) is 127 Å². The molecule has 8 aliphatic carbocycles. The quantitative estimate of drug-likeness (QED) is 0.427. The maximum Gasteiger partial charge on any atom is 0.137 e. The van der Waals surface area contributed by atoms with E-state index in [1.165, 1.54) is 27.9 Å². The van der Waals surface area contributed by atoms with Gasteiger partial charge in [-0.05, 0) is 106 Å². The Labute approximate surface area is 213 Å². The first kappa shape index (κ1) is 21.9. The van der Waals surface area contributed by atoms with Gasteiger partial charge >= 0.3 is 0 Å². The molecular weight excluding hydrogens is 443 g/mol. The summed E-state index contributed by atoms with van der Waals surface area (Å²) in [6, 6.07) is 0. The second-order valence-corrected chi connectivity index (χ2v) is 11.7. The van der Waals surface area contributed by atoms with Gasteiger partial charge in [-0.1, -0.05) is 45.2 Å². The molecule has 0 spiro atoms. The molecule has 1 saturated carbocycles. The van der Waals surface area contributed by atoms with Crippen molar-refractivity contribution >= 4 is 0 Å². The van der Waals surface area contributed by atoms with Crippen molar-refractivity contribution in [3.63, 3.8) is 0 Å². The minimum Gasteiger partial charge on any atom is -0.402 e. The van der Waals surface area contributed by atoms with Crippen LogP contribution < -0.4 is 11.5 Å². The van der Waals surface area contributed by atoms with Gasteiger partial charge in [-0.25, -0.2) is 4.39 Å². The SMILES string of the molecule is C=C1C2=CCC(C)(F)C3=C2C2=C4C5=C(/C1=C(\C)C=C2)C(C)CC(N)=C5C(=C)C1C(N)=CC(CC)=C3C41. The third kappa shape index (κ3) is 2.33. The van der Waals surface area contributed by atoms with Gasteiger partial charge in [0.25, 0.3) is 0 Å². The Kier molecular flexibility index (Phi) is 4.08. The van der Waals surface area contributed by atoms with E-state index in [1.54, 1.807) is 6.92 Å². The molecule has 1 fully saturated rings. The summed E-state index contributed by atoms with van der Waals surface area (Å²) >= 11 is 0. The molecule has 0 radical (unpaired) electrons. The summed E-state index contributed by atoms with van der Waals surface area (Å²) in [4.78, 5) is 0. The van der Waals surface area contributed by atoms with Crippen molar-refractivity contribution in [2.45, 2.75) is 52.6 Å². The average molecular weight is 477 g/mol. The van der Waals surface area contributed by atoms with Gasteiger partial charge < -0.3 is 11.5 Å². The molecule has 0 aromatic carbocycles. The van der Waals surface area contributed by atoms with Gasteiger partial charge in [0.1, 0.15) is 5.67 Å². The van der Waals surface area contributed by atoms with Crippen LogP contribution >= 0.6 is 0 Å². The molecule has 8 aliphatic rings. The number of hydrogen-bond donors (Lipinski definition) is 2. The van der Waals surface area contributed by atoms with E-state index in [0.29, 0.717) is 6.42 Å². The molecule has 0 heterocycles. The molecule has 0 aliphatic heterocycles. The number of alkyl halides is 1. The summed E-state index contributed by atoms with van der Waals surface area (Å²) in [5.41, 5.74) is 29.4. The third-order valence-electron chi connectivity index (χ3n) is 9.56. The van der Waals surface area contributed by atoms with Gasteiger partial charge in [0.05, 0.1) is 0 Å². The lowest BCUT2D eigenvalue weighted by atomic mass is 9.50. The zero-order valence-corrected chi connectivity index (χ0v) is 21.6. The summed E-state index contributed by atoms with van der Waals surface area (Å²) in [6.45, 7) is 17.6.